The predicted octanol–water partition coefficient (Wildman–Crippen LogP) is 2.88. The molecular weight excluding hydrogens is 254 g/mol. The van der Waals surface area contributed by atoms with Crippen LogP contribution in [0.3, 0.4) is 0 Å². The summed E-state index contributed by atoms with van der Waals surface area (Å²) in [7, 11) is 0. The van der Waals surface area contributed by atoms with Crippen molar-refractivity contribution in [2.45, 2.75) is 18.9 Å². The average Bonchev–Trinajstić information content (AvgIpc) is 2.30. The van der Waals surface area contributed by atoms with Crippen LogP contribution in [0.4, 0.5) is 0 Å². The first kappa shape index (κ1) is 11.1. The van der Waals surface area contributed by atoms with Crippen LogP contribution in [0.25, 0.3) is 0 Å². The second-order valence-corrected chi connectivity index (χ2v) is 4.90. The summed E-state index contributed by atoms with van der Waals surface area (Å²) in [6, 6.07) is 8.34. The Kier molecular flexibility index (Phi) is 3.78. The largest absolute Gasteiger partial charge is 0.373 e. The van der Waals surface area contributed by atoms with Gasteiger partial charge in [0.05, 0.1) is 6.10 Å². The summed E-state index contributed by atoms with van der Waals surface area (Å²) >= 11 is 3.44. The van der Waals surface area contributed by atoms with Crippen LogP contribution >= 0.6 is 15.9 Å². The summed E-state index contributed by atoms with van der Waals surface area (Å²) in [6.45, 7) is 1.57. The highest BCUT2D eigenvalue weighted by molar-refractivity contribution is 9.10. The van der Waals surface area contributed by atoms with E-state index >= 15 is 0 Å². The number of halogens is 1. The summed E-state index contributed by atoms with van der Waals surface area (Å²) in [4.78, 5) is 0. The molecule has 0 aromatic heterocycles. The molecule has 0 amide bonds. The standard InChI is InChI=1S/C12H16BrNO/c13-11-5-3-9(4-6-11)12-10(8-14)2-1-7-15-12/h3-6,10,12H,1-2,7-8,14H2. The highest BCUT2D eigenvalue weighted by Gasteiger charge is 2.25. The van der Waals surface area contributed by atoms with Crippen molar-refractivity contribution < 1.29 is 4.74 Å². The van der Waals surface area contributed by atoms with Gasteiger partial charge in [-0.15, -0.1) is 0 Å². The van der Waals surface area contributed by atoms with Crippen LogP contribution < -0.4 is 5.73 Å². The Bertz CT molecular complexity index is 312. The summed E-state index contributed by atoms with van der Waals surface area (Å²) in [5.41, 5.74) is 7.02. The van der Waals surface area contributed by atoms with Crippen LogP contribution in [0.15, 0.2) is 28.7 Å². The quantitative estimate of drug-likeness (QED) is 0.896. The lowest BCUT2D eigenvalue weighted by molar-refractivity contribution is -0.0251. The van der Waals surface area contributed by atoms with Gasteiger partial charge in [-0.2, -0.15) is 0 Å². The lowest BCUT2D eigenvalue weighted by Gasteiger charge is -2.31. The zero-order valence-electron chi connectivity index (χ0n) is 8.66. The lowest BCUT2D eigenvalue weighted by atomic mass is 9.90. The Morgan fingerprint density at radius 1 is 1.33 bits per heavy atom. The van der Waals surface area contributed by atoms with Gasteiger partial charge in [-0.3, -0.25) is 0 Å². The number of hydrogen-bond acceptors (Lipinski definition) is 2. The van der Waals surface area contributed by atoms with E-state index in [0.717, 1.165) is 17.5 Å². The van der Waals surface area contributed by atoms with E-state index in [9.17, 15) is 0 Å². The molecule has 15 heavy (non-hydrogen) atoms. The maximum absolute atomic E-state index is 5.81. The average molecular weight is 270 g/mol. The molecule has 2 N–H and O–H groups in total. The Hall–Kier alpha value is -0.380. The van der Waals surface area contributed by atoms with Crippen molar-refractivity contribution in [3.63, 3.8) is 0 Å². The van der Waals surface area contributed by atoms with Crippen molar-refractivity contribution in [2.24, 2.45) is 11.7 Å². The third-order valence-electron chi connectivity index (χ3n) is 2.95. The van der Waals surface area contributed by atoms with E-state index in [1.54, 1.807) is 0 Å². The van der Waals surface area contributed by atoms with E-state index in [2.05, 4.69) is 40.2 Å². The molecule has 1 aromatic rings. The molecule has 3 heteroatoms. The molecule has 1 heterocycles. The van der Waals surface area contributed by atoms with Crippen LogP contribution in [0.2, 0.25) is 0 Å². The SMILES string of the molecule is NCC1CCCOC1c1ccc(Br)cc1. The summed E-state index contributed by atoms with van der Waals surface area (Å²) in [6.07, 6.45) is 2.50. The second kappa shape index (κ2) is 5.10. The van der Waals surface area contributed by atoms with Gasteiger partial charge in [-0.1, -0.05) is 28.1 Å². The van der Waals surface area contributed by atoms with Crippen molar-refractivity contribution in [1.29, 1.82) is 0 Å². The van der Waals surface area contributed by atoms with Crippen molar-refractivity contribution in [3.8, 4) is 0 Å². The van der Waals surface area contributed by atoms with Crippen molar-refractivity contribution >= 4 is 15.9 Å². The van der Waals surface area contributed by atoms with Gasteiger partial charge in [-0.05, 0) is 37.1 Å². The van der Waals surface area contributed by atoms with Gasteiger partial charge in [-0.25, -0.2) is 0 Å². The van der Waals surface area contributed by atoms with Gasteiger partial charge in [0.2, 0.25) is 0 Å². The minimum Gasteiger partial charge on any atom is -0.373 e. The monoisotopic (exact) mass is 269 g/mol. The third-order valence-corrected chi connectivity index (χ3v) is 3.47. The van der Waals surface area contributed by atoms with E-state index in [4.69, 9.17) is 10.5 Å². The van der Waals surface area contributed by atoms with E-state index in [0.29, 0.717) is 12.5 Å². The molecule has 82 valence electrons. The molecule has 0 aliphatic carbocycles. The van der Waals surface area contributed by atoms with Gasteiger partial charge >= 0.3 is 0 Å². The zero-order chi connectivity index (χ0) is 10.7. The summed E-state index contributed by atoms with van der Waals surface area (Å²) < 4.78 is 6.92. The Labute approximate surface area is 98.9 Å². The number of hydrogen-bond donors (Lipinski definition) is 1. The van der Waals surface area contributed by atoms with E-state index in [1.807, 2.05) is 0 Å². The Balaban J connectivity index is 2.16. The minimum absolute atomic E-state index is 0.192. The Morgan fingerprint density at radius 3 is 2.73 bits per heavy atom. The predicted molar refractivity (Wildman–Crippen MR) is 64.6 cm³/mol. The van der Waals surface area contributed by atoms with Gasteiger partial charge in [0.25, 0.3) is 0 Å². The van der Waals surface area contributed by atoms with Crippen LogP contribution in [-0.2, 0) is 4.74 Å². The first-order valence-electron chi connectivity index (χ1n) is 5.38. The first-order valence-corrected chi connectivity index (χ1v) is 6.17. The molecule has 2 rings (SSSR count). The van der Waals surface area contributed by atoms with Gasteiger partial charge in [0, 0.05) is 17.0 Å². The summed E-state index contributed by atoms with van der Waals surface area (Å²) in [5.74, 6) is 0.472. The molecule has 0 saturated carbocycles. The maximum atomic E-state index is 5.81. The third kappa shape index (κ3) is 2.60. The smallest absolute Gasteiger partial charge is 0.0865 e. The fourth-order valence-corrected chi connectivity index (χ4v) is 2.37. The van der Waals surface area contributed by atoms with Crippen molar-refractivity contribution in [3.05, 3.63) is 34.3 Å². The normalized spacial score (nSPS) is 26.5. The molecule has 1 aromatic carbocycles. The second-order valence-electron chi connectivity index (χ2n) is 3.98. The van der Waals surface area contributed by atoms with Crippen molar-refractivity contribution in [2.75, 3.05) is 13.2 Å². The molecule has 1 aliphatic rings. The fraction of sp³-hybridized carbons (Fsp3) is 0.500. The van der Waals surface area contributed by atoms with Crippen molar-refractivity contribution in [1.82, 2.24) is 0 Å². The summed E-state index contributed by atoms with van der Waals surface area (Å²) in [5, 5.41) is 0. The van der Waals surface area contributed by atoms with Crippen LogP contribution in [-0.4, -0.2) is 13.2 Å². The molecule has 0 radical (unpaired) electrons. The topological polar surface area (TPSA) is 35.2 Å². The first-order chi connectivity index (χ1) is 7.31. The maximum Gasteiger partial charge on any atom is 0.0865 e. The highest BCUT2D eigenvalue weighted by atomic mass is 79.9. The van der Waals surface area contributed by atoms with Crippen LogP contribution in [0, 0.1) is 5.92 Å². The molecule has 2 nitrogen and oxygen atoms in total. The van der Waals surface area contributed by atoms with Crippen LogP contribution in [0.1, 0.15) is 24.5 Å². The number of benzene rings is 1. The number of rotatable bonds is 2. The molecule has 2 atom stereocenters. The molecular formula is C12H16BrNO. The van der Waals surface area contributed by atoms with E-state index in [1.165, 1.54) is 12.0 Å². The van der Waals surface area contributed by atoms with Gasteiger partial charge < -0.3 is 10.5 Å². The van der Waals surface area contributed by atoms with Crippen LogP contribution in [0.5, 0.6) is 0 Å². The number of ether oxygens (including phenoxy) is 1. The zero-order valence-corrected chi connectivity index (χ0v) is 10.2. The fourth-order valence-electron chi connectivity index (χ4n) is 2.11. The van der Waals surface area contributed by atoms with Gasteiger partial charge in [0.1, 0.15) is 0 Å². The lowest BCUT2D eigenvalue weighted by Crippen LogP contribution is -2.28. The molecule has 1 saturated heterocycles. The number of nitrogens with two attached hydrogens (primary N) is 1. The molecule has 1 fully saturated rings. The highest BCUT2D eigenvalue weighted by Crippen LogP contribution is 2.33. The molecule has 0 spiro atoms. The van der Waals surface area contributed by atoms with E-state index in [-0.39, 0.29) is 6.10 Å². The molecule has 2 unspecified atom stereocenters. The van der Waals surface area contributed by atoms with Gasteiger partial charge in [0.15, 0.2) is 0 Å². The minimum atomic E-state index is 0.192. The molecule has 0 bridgehead atoms. The van der Waals surface area contributed by atoms with E-state index < -0.39 is 0 Å². The Morgan fingerprint density at radius 2 is 2.07 bits per heavy atom. The molecule has 1 aliphatic heterocycles.